The molecule has 0 nitrogen and oxygen atoms in total. The van der Waals surface area contributed by atoms with Crippen LogP contribution in [-0.2, 0) is 0 Å². The fourth-order valence-corrected chi connectivity index (χ4v) is 4.20. The Balaban J connectivity index is 1.89. The van der Waals surface area contributed by atoms with Gasteiger partial charge in [-0.25, -0.2) is 0 Å². The maximum Gasteiger partial charge on any atom is -0.0151 e. The number of hydrogen-bond acceptors (Lipinski definition) is 0. The number of aryl methyl sites for hydroxylation is 2. The van der Waals surface area contributed by atoms with Gasteiger partial charge in [0.1, 0.15) is 0 Å². The van der Waals surface area contributed by atoms with Gasteiger partial charge in [-0.2, -0.15) is 0 Å². The van der Waals surface area contributed by atoms with Crippen LogP contribution in [0.3, 0.4) is 0 Å². The van der Waals surface area contributed by atoms with Crippen molar-refractivity contribution in [2.75, 3.05) is 0 Å². The van der Waals surface area contributed by atoms with Crippen LogP contribution in [0.2, 0.25) is 0 Å². The average Bonchev–Trinajstić information content (AvgIpc) is 2.47. The summed E-state index contributed by atoms with van der Waals surface area (Å²) in [5.74, 6) is 2.26. The largest absolute Gasteiger partial charge is 0.0625 e. The number of rotatable bonds is 2. The van der Waals surface area contributed by atoms with Crippen LogP contribution in [0.25, 0.3) is 0 Å². The van der Waals surface area contributed by atoms with E-state index in [2.05, 4.69) is 69.3 Å². The molecule has 0 N–H and O–H groups in total. The first-order valence-electron chi connectivity index (χ1n) is 8.26. The lowest BCUT2D eigenvalue weighted by Gasteiger charge is -2.35. The third-order valence-corrected chi connectivity index (χ3v) is 5.20. The summed E-state index contributed by atoms with van der Waals surface area (Å²) < 4.78 is 0. The quantitative estimate of drug-likeness (QED) is 0.633. The van der Waals surface area contributed by atoms with Crippen LogP contribution < -0.4 is 0 Å². The lowest BCUT2D eigenvalue weighted by atomic mass is 9.70. The Morgan fingerprint density at radius 1 is 0.667 bits per heavy atom. The summed E-state index contributed by atoms with van der Waals surface area (Å²) in [5.41, 5.74) is 6.06. The lowest BCUT2D eigenvalue weighted by molar-refractivity contribution is 0.306. The smallest absolute Gasteiger partial charge is 0.0151 e. The van der Waals surface area contributed by atoms with E-state index < -0.39 is 0 Å². The minimum Gasteiger partial charge on any atom is -0.0625 e. The van der Waals surface area contributed by atoms with Gasteiger partial charge >= 0.3 is 0 Å². The van der Waals surface area contributed by atoms with Crippen molar-refractivity contribution < 1.29 is 0 Å². The Morgan fingerprint density at radius 3 is 1.52 bits per heavy atom. The molecule has 0 bridgehead atoms. The van der Waals surface area contributed by atoms with Gasteiger partial charge in [0.15, 0.2) is 0 Å². The molecule has 0 aliphatic heterocycles. The summed E-state index contributed by atoms with van der Waals surface area (Å²) >= 11 is 0. The molecule has 1 fully saturated rings. The van der Waals surface area contributed by atoms with Crippen molar-refractivity contribution in [2.45, 2.75) is 51.9 Å². The van der Waals surface area contributed by atoms with E-state index >= 15 is 0 Å². The van der Waals surface area contributed by atoms with Crippen LogP contribution >= 0.6 is 0 Å². The molecular weight excluding hydrogens is 252 g/mol. The number of benzene rings is 2. The third-order valence-electron chi connectivity index (χ3n) is 5.20. The first kappa shape index (κ1) is 14.4. The van der Waals surface area contributed by atoms with Crippen molar-refractivity contribution in [3.8, 4) is 0 Å². The molecule has 21 heavy (non-hydrogen) atoms. The van der Waals surface area contributed by atoms with Crippen molar-refractivity contribution >= 4 is 0 Å². The predicted molar refractivity (Wildman–Crippen MR) is 90.9 cm³/mol. The Hall–Kier alpha value is -1.56. The first-order valence-corrected chi connectivity index (χ1v) is 8.26. The van der Waals surface area contributed by atoms with Crippen LogP contribution in [0, 0.1) is 19.8 Å². The molecule has 0 heteroatoms. The normalized spacial score (nSPS) is 25.8. The van der Waals surface area contributed by atoms with Crippen LogP contribution in [0.15, 0.2) is 48.5 Å². The van der Waals surface area contributed by atoms with Crippen molar-refractivity contribution in [1.82, 2.24) is 0 Å². The summed E-state index contributed by atoms with van der Waals surface area (Å²) in [6.45, 7) is 6.95. The Morgan fingerprint density at radius 2 is 1.10 bits per heavy atom. The van der Waals surface area contributed by atoms with Crippen LogP contribution in [0.5, 0.6) is 0 Å². The van der Waals surface area contributed by atoms with E-state index in [0.29, 0.717) is 0 Å². The molecular formula is C21H26. The zero-order valence-electron chi connectivity index (χ0n) is 13.5. The molecule has 0 radical (unpaired) electrons. The highest BCUT2D eigenvalue weighted by Crippen LogP contribution is 2.45. The zero-order chi connectivity index (χ0) is 14.8. The second kappa shape index (κ2) is 6.05. The summed E-state index contributed by atoms with van der Waals surface area (Å²) in [5, 5.41) is 0. The summed E-state index contributed by atoms with van der Waals surface area (Å²) in [6.07, 6.45) is 3.99. The van der Waals surface area contributed by atoms with E-state index in [4.69, 9.17) is 0 Å². The third kappa shape index (κ3) is 3.05. The van der Waals surface area contributed by atoms with Gasteiger partial charge in [0.05, 0.1) is 0 Å². The van der Waals surface area contributed by atoms with E-state index in [-0.39, 0.29) is 0 Å². The molecule has 2 unspecified atom stereocenters. The van der Waals surface area contributed by atoms with E-state index in [1.807, 2.05) is 0 Å². The van der Waals surface area contributed by atoms with Gasteiger partial charge in [-0.05, 0) is 73.1 Å². The fraction of sp³-hybridized carbons (Fsp3) is 0.429. The lowest BCUT2D eigenvalue weighted by Crippen LogP contribution is -2.20. The fourth-order valence-electron chi connectivity index (χ4n) is 4.20. The minimum atomic E-state index is 0.722. The summed E-state index contributed by atoms with van der Waals surface area (Å²) in [7, 11) is 0. The maximum absolute atomic E-state index is 2.43. The van der Waals surface area contributed by atoms with Gasteiger partial charge < -0.3 is 0 Å². The summed E-state index contributed by atoms with van der Waals surface area (Å²) in [4.78, 5) is 0. The highest BCUT2D eigenvalue weighted by atomic mass is 14.3. The Kier molecular flexibility index (Phi) is 4.14. The molecule has 3 rings (SSSR count). The van der Waals surface area contributed by atoms with Gasteiger partial charge in [0.2, 0.25) is 0 Å². The van der Waals surface area contributed by atoms with Gasteiger partial charge in [0, 0.05) is 0 Å². The number of hydrogen-bond donors (Lipinski definition) is 0. The van der Waals surface area contributed by atoms with Crippen molar-refractivity contribution in [1.29, 1.82) is 0 Å². The van der Waals surface area contributed by atoms with Gasteiger partial charge in [-0.15, -0.1) is 0 Å². The van der Waals surface area contributed by atoms with Crippen LogP contribution in [-0.4, -0.2) is 0 Å². The molecule has 2 aromatic carbocycles. The van der Waals surface area contributed by atoms with E-state index in [1.54, 1.807) is 11.1 Å². The van der Waals surface area contributed by atoms with Crippen LogP contribution in [0.4, 0.5) is 0 Å². The molecule has 0 spiro atoms. The molecule has 1 aliphatic rings. The topological polar surface area (TPSA) is 0 Å². The second-order valence-corrected chi connectivity index (χ2v) is 6.92. The Bertz CT molecular complexity index is 557. The molecule has 2 aromatic rings. The first-order chi connectivity index (χ1) is 10.1. The molecule has 2 atom stereocenters. The second-order valence-electron chi connectivity index (χ2n) is 6.92. The van der Waals surface area contributed by atoms with E-state index in [9.17, 15) is 0 Å². The molecule has 0 amide bonds. The van der Waals surface area contributed by atoms with Crippen molar-refractivity contribution in [3.05, 3.63) is 70.8 Å². The molecule has 0 aromatic heterocycles. The molecule has 1 saturated carbocycles. The van der Waals surface area contributed by atoms with Gasteiger partial charge in [-0.3, -0.25) is 0 Å². The van der Waals surface area contributed by atoms with Gasteiger partial charge in [-0.1, -0.05) is 55.5 Å². The van der Waals surface area contributed by atoms with E-state index in [1.165, 1.54) is 30.4 Å². The maximum atomic E-state index is 2.43. The highest BCUT2D eigenvalue weighted by Gasteiger charge is 2.29. The zero-order valence-corrected chi connectivity index (χ0v) is 13.5. The molecule has 0 heterocycles. The monoisotopic (exact) mass is 278 g/mol. The molecule has 110 valence electrons. The SMILES string of the molecule is Cc1ccccc1C1CC(C)CC(c2ccccc2C)C1. The van der Waals surface area contributed by atoms with E-state index in [0.717, 1.165) is 17.8 Å². The highest BCUT2D eigenvalue weighted by molar-refractivity contribution is 5.33. The standard InChI is InChI=1S/C21H26/c1-15-12-18(20-10-6-4-8-16(20)2)14-19(13-15)21-11-7-5-9-17(21)3/h4-11,15,18-19H,12-14H2,1-3H3. The average molecular weight is 278 g/mol. The summed E-state index contributed by atoms with van der Waals surface area (Å²) in [6, 6.07) is 17.9. The van der Waals surface area contributed by atoms with Crippen LogP contribution in [0.1, 0.15) is 60.3 Å². The molecule has 1 aliphatic carbocycles. The molecule has 0 saturated heterocycles. The Labute approximate surface area is 129 Å². The minimum absolute atomic E-state index is 0.722. The van der Waals surface area contributed by atoms with Crippen molar-refractivity contribution in [3.63, 3.8) is 0 Å². The predicted octanol–water partition coefficient (Wildman–Crippen LogP) is 5.99. The van der Waals surface area contributed by atoms with Crippen molar-refractivity contribution in [2.24, 2.45) is 5.92 Å². The van der Waals surface area contributed by atoms with Gasteiger partial charge in [0.25, 0.3) is 0 Å².